The minimum absolute atomic E-state index is 0.0517. The molecule has 1 saturated heterocycles. The summed E-state index contributed by atoms with van der Waals surface area (Å²) in [6.45, 7) is 4.63. The molecule has 0 amide bonds. The molecule has 0 spiro atoms. The Balaban J connectivity index is 1.39. The van der Waals surface area contributed by atoms with Crippen LogP contribution in [0.25, 0.3) is 0 Å². The second-order valence-electron chi connectivity index (χ2n) is 8.76. The van der Waals surface area contributed by atoms with Gasteiger partial charge in [0.05, 0.1) is 13.2 Å². The number of likely N-dealkylation sites (N-methyl/N-ethyl adjacent to an activating group) is 1. The molecule has 33 heavy (non-hydrogen) atoms. The third-order valence-corrected chi connectivity index (χ3v) is 6.42. The highest BCUT2D eigenvalue weighted by molar-refractivity contribution is 5.75. The number of benzene rings is 2. The van der Waals surface area contributed by atoms with Crippen molar-refractivity contribution in [3.63, 3.8) is 0 Å². The summed E-state index contributed by atoms with van der Waals surface area (Å²) in [4.78, 5) is 31.4. The Morgan fingerprint density at radius 3 is 2.21 bits per heavy atom. The Hall–Kier alpha value is -3.16. The molecule has 0 saturated carbocycles. The molecule has 7 heteroatoms. The van der Waals surface area contributed by atoms with E-state index in [-0.39, 0.29) is 11.5 Å². The van der Waals surface area contributed by atoms with Crippen molar-refractivity contribution in [1.82, 2.24) is 9.80 Å². The molecule has 0 aromatic heterocycles. The van der Waals surface area contributed by atoms with Crippen molar-refractivity contribution in [3.05, 3.63) is 86.2 Å². The zero-order valence-electron chi connectivity index (χ0n) is 19.6. The van der Waals surface area contributed by atoms with Crippen LogP contribution in [0.15, 0.2) is 64.2 Å². The number of anilines is 2. The molecule has 1 atom stereocenters. The van der Waals surface area contributed by atoms with E-state index in [0.29, 0.717) is 17.9 Å². The zero-order chi connectivity index (χ0) is 23.4. The third-order valence-electron chi connectivity index (χ3n) is 6.42. The van der Waals surface area contributed by atoms with Crippen LogP contribution in [0.1, 0.15) is 17.2 Å². The van der Waals surface area contributed by atoms with Crippen molar-refractivity contribution in [2.75, 3.05) is 64.1 Å². The quantitative estimate of drug-likeness (QED) is 0.504. The van der Waals surface area contributed by atoms with Gasteiger partial charge < -0.3 is 19.9 Å². The van der Waals surface area contributed by atoms with Crippen LogP contribution >= 0.6 is 0 Å². The van der Waals surface area contributed by atoms with Crippen LogP contribution in [0.4, 0.5) is 11.4 Å². The lowest BCUT2D eigenvalue weighted by Crippen LogP contribution is -2.51. The van der Waals surface area contributed by atoms with Crippen LogP contribution in [0.3, 0.4) is 0 Å². The van der Waals surface area contributed by atoms with Crippen LogP contribution in [0, 0.1) is 0 Å². The smallest absolute Gasteiger partial charge is 0.253 e. The molecular formula is C26H32N4O3. The Labute approximate surface area is 194 Å². The van der Waals surface area contributed by atoms with Gasteiger partial charge in [0, 0.05) is 39.3 Å². The highest BCUT2D eigenvalue weighted by Crippen LogP contribution is 2.25. The average molecular weight is 449 g/mol. The molecule has 3 aromatic rings. The summed E-state index contributed by atoms with van der Waals surface area (Å²) in [6, 6.07) is 18.4. The van der Waals surface area contributed by atoms with Crippen LogP contribution in [-0.4, -0.2) is 63.7 Å². The molecule has 1 aliphatic heterocycles. The molecule has 174 valence electrons. The largest absolute Gasteiger partial charge is 0.497 e. The Kier molecular flexibility index (Phi) is 7.11. The van der Waals surface area contributed by atoms with Crippen molar-refractivity contribution in [2.24, 2.45) is 0 Å². The van der Waals surface area contributed by atoms with Gasteiger partial charge in [-0.05, 0) is 37.4 Å². The molecule has 4 rings (SSSR count). The van der Waals surface area contributed by atoms with Crippen LogP contribution in [0.5, 0.6) is 5.75 Å². The number of nitrogens with zero attached hydrogens (tertiary/aromatic N) is 3. The summed E-state index contributed by atoms with van der Waals surface area (Å²) in [7, 11) is 5.66. The minimum atomic E-state index is -0.413. The van der Waals surface area contributed by atoms with Crippen molar-refractivity contribution in [1.29, 1.82) is 0 Å². The number of rotatable bonds is 9. The van der Waals surface area contributed by atoms with Gasteiger partial charge in [0.1, 0.15) is 17.1 Å². The number of nitrogens with one attached hydrogen (secondary N) is 1. The van der Waals surface area contributed by atoms with Crippen LogP contribution in [-0.2, 0) is 6.54 Å². The second kappa shape index (κ2) is 10.2. The van der Waals surface area contributed by atoms with E-state index in [1.165, 1.54) is 5.56 Å². The Morgan fingerprint density at radius 1 is 0.939 bits per heavy atom. The number of ether oxygens (including phenoxy) is 1. The monoisotopic (exact) mass is 448 g/mol. The first kappa shape index (κ1) is 23.0. The van der Waals surface area contributed by atoms with Gasteiger partial charge in [-0.3, -0.25) is 14.5 Å². The van der Waals surface area contributed by atoms with E-state index in [0.717, 1.165) is 44.0 Å². The predicted molar refractivity (Wildman–Crippen MR) is 133 cm³/mol. The second-order valence-corrected chi connectivity index (χ2v) is 8.76. The van der Waals surface area contributed by atoms with Gasteiger partial charge in [-0.2, -0.15) is 0 Å². The summed E-state index contributed by atoms with van der Waals surface area (Å²) in [6.07, 6.45) is 0. The van der Waals surface area contributed by atoms with Crippen LogP contribution in [0.2, 0.25) is 0 Å². The molecule has 1 aliphatic rings. The van der Waals surface area contributed by atoms with Crippen molar-refractivity contribution in [3.8, 4) is 5.75 Å². The maximum absolute atomic E-state index is 12.4. The Bertz CT molecular complexity index is 1110. The van der Waals surface area contributed by atoms with E-state index in [9.17, 15) is 9.59 Å². The molecule has 1 fully saturated rings. The fourth-order valence-electron chi connectivity index (χ4n) is 4.44. The topological polar surface area (TPSA) is 65.1 Å². The predicted octanol–water partition coefficient (Wildman–Crippen LogP) is 2.33. The molecule has 1 N–H and O–H groups in total. The summed E-state index contributed by atoms with van der Waals surface area (Å²) in [5.41, 5.74) is 2.62. The van der Waals surface area contributed by atoms with Gasteiger partial charge >= 0.3 is 0 Å². The van der Waals surface area contributed by atoms with Crippen molar-refractivity contribution in [2.45, 2.75) is 12.6 Å². The van der Waals surface area contributed by atoms with E-state index in [4.69, 9.17) is 4.74 Å². The molecule has 1 unspecified atom stereocenters. The minimum Gasteiger partial charge on any atom is -0.497 e. The molecule has 0 radical (unpaired) electrons. The van der Waals surface area contributed by atoms with E-state index in [1.807, 2.05) is 44.4 Å². The maximum Gasteiger partial charge on any atom is 0.253 e. The van der Waals surface area contributed by atoms with Crippen LogP contribution < -0.4 is 25.8 Å². The average Bonchev–Trinajstić information content (AvgIpc) is 2.84. The van der Waals surface area contributed by atoms with Gasteiger partial charge in [-0.25, -0.2) is 0 Å². The fourth-order valence-corrected chi connectivity index (χ4v) is 4.44. The van der Waals surface area contributed by atoms with Gasteiger partial charge in [-0.15, -0.1) is 0 Å². The number of piperazine rings is 1. The van der Waals surface area contributed by atoms with Gasteiger partial charge in [0.15, 0.2) is 0 Å². The molecule has 0 bridgehead atoms. The number of methoxy groups -OCH3 is 1. The summed E-state index contributed by atoms with van der Waals surface area (Å²) >= 11 is 0. The number of hydrogen-bond acceptors (Lipinski definition) is 7. The molecule has 3 aromatic carbocycles. The van der Waals surface area contributed by atoms with Gasteiger partial charge in [0.2, 0.25) is 0 Å². The van der Waals surface area contributed by atoms with E-state index >= 15 is 0 Å². The fraction of sp³-hybridized carbons (Fsp3) is 0.385. The van der Waals surface area contributed by atoms with E-state index in [1.54, 1.807) is 7.11 Å². The normalized spacial score (nSPS) is 15.7. The first-order chi connectivity index (χ1) is 16.0. The Morgan fingerprint density at radius 2 is 1.61 bits per heavy atom. The summed E-state index contributed by atoms with van der Waals surface area (Å²) in [5, 5.41) is 3.29. The third kappa shape index (κ3) is 5.10. The first-order valence-corrected chi connectivity index (χ1v) is 11.4. The van der Waals surface area contributed by atoms with Gasteiger partial charge in [0.25, 0.3) is 10.9 Å². The summed E-state index contributed by atoms with van der Waals surface area (Å²) < 4.78 is 5.25. The molecule has 7 nitrogen and oxygen atoms in total. The SMILES string of the molecule is COc1ccc(C(CNc2c(N3CCN(Cc4ccccc4)CC3)c(=O)c2=O)N(C)C)cc1. The van der Waals surface area contributed by atoms with Crippen molar-refractivity contribution < 1.29 is 4.74 Å². The lowest BCUT2D eigenvalue weighted by atomic mass is 10.0. The highest BCUT2D eigenvalue weighted by Gasteiger charge is 2.29. The van der Waals surface area contributed by atoms with E-state index in [2.05, 4.69) is 44.3 Å². The molecule has 1 heterocycles. The van der Waals surface area contributed by atoms with E-state index < -0.39 is 5.43 Å². The first-order valence-electron chi connectivity index (χ1n) is 11.4. The lowest BCUT2D eigenvalue weighted by Gasteiger charge is -2.37. The molecular weight excluding hydrogens is 416 g/mol. The summed E-state index contributed by atoms with van der Waals surface area (Å²) in [5.74, 6) is 0.806. The standard InChI is InChI=1S/C26H32N4O3/c1-28(2)22(20-9-11-21(33-3)12-10-20)17-27-23-24(26(32)25(23)31)30-15-13-29(14-16-30)18-19-7-5-4-6-8-19/h4-12,22,27H,13-18H2,1-3H3. The number of hydrogen-bond donors (Lipinski definition) is 1. The lowest BCUT2D eigenvalue weighted by molar-refractivity contribution is 0.249. The zero-order valence-corrected chi connectivity index (χ0v) is 19.6. The maximum atomic E-state index is 12.4. The van der Waals surface area contributed by atoms with Gasteiger partial charge in [-0.1, -0.05) is 42.5 Å². The van der Waals surface area contributed by atoms with Crippen molar-refractivity contribution >= 4 is 11.4 Å². The highest BCUT2D eigenvalue weighted by atomic mass is 16.5. The molecule has 0 aliphatic carbocycles.